The Hall–Kier alpha value is -1.47. The summed E-state index contributed by atoms with van der Waals surface area (Å²) in [5, 5.41) is 3.54. The van der Waals surface area contributed by atoms with Gasteiger partial charge in [0, 0.05) is 43.7 Å². The molecule has 0 radical (unpaired) electrons. The van der Waals surface area contributed by atoms with Gasteiger partial charge >= 0.3 is 0 Å². The normalized spacial score (nSPS) is 23.6. The van der Waals surface area contributed by atoms with Crippen molar-refractivity contribution in [3.8, 4) is 10.6 Å². The number of piperidine rings is 1. The summed E-state index contributed by atoms with van der Waals surface area (Å²) in [6.07, 6.45) is 3.14. The second-order valence-corrected chi connectivity index (χ2v) is 9.87. The van der Waals surface area contributed by atoms with E-state index >= 15 is 0 Å². The lowest BCUT2D eigenvalue weighted by atomic mass is 9.95. The smallest absolute Gasteiger partial charge is 0.228 e. The summed E-state index contributed by atoms with van der Waals surface area (Å²) in [5.41, 5.74) is 1.76. The monoisotopic (exact) mass is 447 g/mol. The number of thiazole rings is 1. The lowest BCUT2D eigenvalue weighted by molar-refractivity contribution is -0.132. The summed E-state index contributed by atoms with van der Waals surface area (Å²) in [5.74, 6) is 0.843. The summed E-state index contributed by atoms with van der Waals surface area (Å²) in [7, 11) is 0. The number of hydrogen-bond donors (Lipinski definition) is 0. The summed E-state index contributed by atoms with van der Waals surface area (Å²) >= 11 is 7.82. The first-order valence-corrected chi connectivity index (χ1v) is 12.1. The number of ether oxygens (including phenoxy) is 1. The molecule has 30 heavy (non-hydrogen) atoms. The van der Waals surface area contributed by atoms with Gasteiger partial charge in [0.25, 0.3) is 0 Å². The van der Waals surface area contributed by atoms with E-state index in [4.69, 9.17) is 16.3 Å². The van der Waals surface area contributed by atoms with E-state index in [0.29, 0.717) is 29.6 Å². The van der Waals surface area contributed by atoms with E-state index < -0.39 is 0 Å². The van der Waals surface area contributed by atoms with Crippen molar-refractivity contribution in [1.82, 2.24) is 14.8 Å². The van der Waals surface area contributed by atoms with Gasteiger partial charge in [0.1, 0.15) is 5.01 Å². The Labute approximate surface area is 188 Å². The minimum Gasteiger partial charge on any atom is -0.373 e. The van der Waals surface area contributed by atoms with E-state index in [1.165, 1.54) is 0 Å². The first kappa shape index (κ1) is 21.8. The van der Waals surface area contributed by atoms with Gasteiger partial charge in [-0.2, -0.15) is 0 Å². The van der Waals surface area contributed by atoms with Gasteiger partial charge in [-0.25, -0.2) is 4.98 Å². The minimum atomic E-state index is 0.179. The molecule has 3 heterocycles. The van der Waals surface area contributed by atoms with E-state index in [0.717, 1.165) is 61.8 Å². The van der Waals surface area contributed by atoms with Crippen LogP contribution in [0, 0.1) is 5.92 Å². The Bertz CT molecular complexity index is 856. The van der Waals surface area contributed by atoms with Crippen molar-refractivity contribution in [2.45, 2.75) is 45.3 Å². The largest absolute Gasteiger partial charge is 0.373 e. The fourth-order valence-corrected chi connectivity index (χ4v) is 5.72. The molecule has 4 rings (SSSR count). The molecule has 2 unspecified atom stereocenters. The molecule has 1 aromatic heterocycles. The molecule has 2 fully saturated rings. The van der Waals surface area contributed by atoms with E-state index in [2.05, 4.69) is 23.7 Å². The molecule has 2 aliphatic heterocycles. The van der Waals surface area contributed by atoms with Crippen LogP contribution in [0.25, 0.3) is 10.6 Å². The summed E-state index contributed by atoms with van der Waals surface area (Å²) in [6, 6.07) is 7.70. The van der Waals surface area contributed by atoms with Crippen molar-refractivity contribution in [3.05, 3.63) is 40.4 Å². The maximum Gasteiger partial charge on any atom is 0.228 e. The molecule has 0 aliphatic carbocycles. The number of aromatic nitrogens is 1. The van der Waals surface area contributed by atoms with Gasteiger partial charge in [0.05, 0.1) is 29.3 Å². The zero-order valence-corrected chi connectivity index (χ0v) is 19.3. The molecule has 1 amide bonds. The summed E-state index contributed by atoms with van der Waals surface area (Å²) in [6.45, 7) is 9.15. The van der Waals surface area contributed by atoms with Crippen LogP contribution in [-0.4, -0.2) is 65.6 Å². The number of carbonyl (C=O) groups excluding carboxylic acids is 1. The number of halogens is 1. The molecule has 0 saturated carbocycles. The fraction of sp³-hybridized carbons (Fsp3) is 0.565. The topological polar surface area (TPSA) is 45.7 Å². The van der Waals surface area contributed by atoms with Crippen molar-refractivity contribution in [2.75, 3.05) is 32.7 Å². The van der Waals surface area contributed by atoms with Crippen molar-refractivity contribution in [2.24, 2.45) is 5.92 Å². The SMILES string of the molecule is CC1CN(CC2CCN(C(=O)Cc3csc(-c4ccccc4Cl)n3)CC2)CC(C)O1. The number of morpholine rings is 1. The van der Waals surface area contributed by atoms with Crippen LogP contribution in [-0.2, 0) is 16.0 Å². The lowest BCUT2D eigenvalue weighted by Crippen LogP contribution is -2.48. The van der Waals surface area contributed by atoms with Gasteiger partial charge in [-0.1, -0.05) is 29.8 Å². The third kappa shape index (κ3) is 5.41. The predicted molar refractivity (Wildman–Crippen MR) is 122 cm³/mol. The standard InChI is InChI=1S/C23H30ClN3O2S/c1-16-12-26(13-17(2)29-16)14-18-7-9-27(10-8-18)22(28)11-19-15-30-23(25-19)20-5-3-4-6-21(20)24/h3-6,15-18H,7-14H2,1-2H3. The molecule has 2 atom stereocenters. The maximum absolute atomic E-state index is 12.8. The first-order chi connectivity index (χ1) is 14.5. The van der Waals surface area contributed by atoms with Gasteiger partial charge in [-0.05, 0) is 38.7 Å². The van der Waals surface area contributed by atoms with Crippen LogP contribution in [0.1, 0.15) is 32.4 Å². The lowest BCUT2D eigenvalue weighted by Gasteiger charge is -2.39. The number of rotatable bonds is 5. The van der Waals surface area contributed by atoms with Crippen molar-refractivity contribution < 1.29 is 9.53 Å². The Balaban J connectivity index is 1.26. The van der Waals surface area contributed by atoms with Crippen LogP contribution in [0.15, 0.2) is 29.6 Å². The second kappa shape index (κ2) is 9.77. The van der Waals surface area contributed by atoms with Crippen LogP contribution in [0.4, 0.5) is 0 Å². The Kier molecular flexibility index (Phi) is 7.08. The molecule has 5 nitrogen and oxygen atoms in total. The van der Waals surface area contributed by atoms with Crippen LogP contribution < -0.4 is 0 Å². The molecule has 162 valence electrons. The van der Waals surface area contributed by atoms with Gasteiger partial charge in [0.2, 0.25) is 5.91 Å². The third-order valence-corrected chi connectivity index (χ3v) is 7.22. The van der Waals surface area contributed by atoms with E-state index in [-0.39, 0.29) is 5.91 Å². The number of carbonyl (C=O) groups is 1. The summed E-state index contributed by atoms with van der Waals surface area (Å²) < 4.78 is 5.84. The number of likely N-dealkylation sites (tertiary alicyclic amines) is 1. The zero-order valence-electron chi connectivity index (χ0n) is 17.7. The molecule has 7 heteroatoms. The van der Waals surface area contributed by atoms with Gasteiger partial charge in [0.15, 0.2) is 0 Å². The molecular weight excluding hydrogens is 418 g/mol. The highest BCUT2D eigenvalue weighted by molar-refractivity contribution is 7.13. The number of hydrogen-bond acceptors (Lipinski definition) is 5. The second-order valence-electron chi connectivity index (χ2n) is 8.60. The molecule has 0 N–H and O–H groups in total. The minimum absolute atomic E-state index is 0.179. The Morgan fingerprint density at radius 3 is 2.60 bits per heavy atom. The van der Waals surface area contributed by atoms with Gasteiger partial charge in [-0.3, -0.25) is 9.69 Å². The zero-order chi connectivity index (χ0) is 21.1. The predicted octanol–water partition coefficient (Wildman–Crippen LogP) is 4.35. The molecular formula is C23H30ClN3O2S. The van der Waals surface area contributed by atoms with Crippen molar-refractivity contribution in [3.63, 3.8) is 0 Å². The average Bonchev–Trinajstić information content (AvgIpc) is 3.16. The van der Waals surface area contributed by atoms with Crippen LogP contribution >= 0.6 is 22.9 Å². The maximum atomic E-state index is 12.8. The Morgan fingerprint density at radius 1 is 1.20 bits per heavy atom. The van der Waals surface area contributed by atoms with Crippen LogP contribution in [0.3, 0.4) is 0 Å². The van der Waals surface area contributed by atoms with Crippen molar-refractivity contribution in [1.29, 1.82) is 0 Å². The molecule has 2 aliphatic rings. The molecule has 0 bridgehead atoms. The highest BCUT2D eigenvalue weighted by atomic mass is 35.5. The molecule has 1 aromatic carbocycles. The first-order valence-electron chi connectivity index (χ1n) is 10.8. The van der Waals surface area contributed by atoms with E-state index in [1.54, 1.807) is 11.3 Å². The van der Waals surface area contributed by atoms with Crippen molar-refractivity contribution >= 4 is 28.8 Å². The quantitative estimate of drug-likeness (QED) is 0.683. The molecule has 2 saturated heterocycles. The van der Waals surface area contributed by atoms with Gasteiger partial charge in [-0.15, -0.1) is 11.3 Å². The molecule has 0 spiro atoms. The third-order valence-electron chi connectivity index (χ3n) is 5.97. The van der Waals surface area contributed by atoms with Crippen LogP contribution in [0.5, 0.6) is 0 Å². The van der Waals surface area contributed by atoms with E-state index in [9.17, 15) is 4.79 Å². The highest BCUT2D eigenvalue weighted by Gasteiger charge is 2.28. The fourth-order valence-electron chi connectivity index (χ4n) is 4.58. The van der Waals surface area contributed by atoms with E-state index in [1.807, 2.05) is 34.5 Å². The van der Waals surface area contributed by atoms with Gasteiger partial charge < -0.3 is 9.64 Å². The average molecular weight is 448 g/mol. The highest BCUT2D eigenvalue weighted by Crippen LogP contribution is 2.30. The molecule has 2 aromatic rings. The van der Waals surface area contributed by atoms with Crippen LogP contribution in [0.2, 0.25) is 5.02 Å². The number of amides is 1. The number of nitrogens with zero attached hydrogens (tertiary/aromatic N) is 3. The Morgan fingerprint density at radius 2 is 1.90 bits per heavy atom. The summed E-state index contributed by atoms with van der Waals surface area (Å²) in [4.78, 5) is 22.0. The number of benzene rings is 1.